The summed E-state index contributed by atoms with van der Waals surface area (Å²) in [5.74, 6) is 1.16. The third kappa shape index (κ3) is 2.76. The van der Waals surface area contributed by atoms with Crippen LogP contribution >= 0.6 is 11.6 Å². The Balaban J connectivity index is 2.41. The maximum Gasteiger partial charge on any atom is 0.221 e. The van der Waals surface area contributed by atoms with Crippen LogP contribution in [-0.2, 0) is 4.79 Å². The summed E-state index contributed by atoms with van der Waals surface area (Å²) in [5, 5.41) is 3.15. The molecule has 12 heavy (non-hydrogen) atoms. The van der Waals surface area contributed by atoms with Gasteiger partial charge >= 0.3 is 0 Å². The Bertz CT molecular complexity index is 161. The Morgan fingerprint density at radius 1 is 1.58 bits per heavy atom. The van der Waals surface area contributed by atoms with Gasteiger partial charge in [0.15, 0.2) is 0 Å². The molecule has 1 aliphatic rings. The summed E-state index contributed by atoms with van der Waals surface area (Å²) >= 11 is 5.37. The van der Waals surface area contributed by atoms with Crippen LogP contribution in [0.4, 0.5) is 0 Å². The topological polar surface area (TPSA) is 29.1 Å². The van der Waals surface area contributed by atoms with Gasteiger partial charge in [-0.25, -0.2) is 0 Å². The molecule has 0 amide bonds. The fourth-order valence-corrected chi connectivity index (χ4v) is 2.13. The van der Waals surface area contributed by atoms with Crippen LogP contribution in [0.25, 0.3) is 0 Å². The molecule has 0 radical (unpaired) electrons. The molecule has 2 nitrogen and oxygen atoms in total. The lowest BCUT2D eigenvalue weighted by molar-refractivity contribution is -0.113. The van der Waals surface area contributed by atoms with Crippen molar-refractivity contribution in [1.29, 1.82) is 0 Å². The zero-order chi connectivity index (χ0) is 8.97. The molecule has 0 aromatic carbocycles. The molecular weight excluding hydrogens is 174 g/mol. The molecule has 0 bridgehead atoms. The molecule has 1 heterocycles. The molecule has 0 spiro atoms. The number of piperidine rings is 1. The standard InChI is InChI=1S/C9H16ClNO/c1-2-7-6-11-4-3-8(7)5-9(10)12/h7-8,11H,2-6H2,1H3/t7-,8-/m0/s1. The van der Waals surface area contributed by atoms with Gasteiger partial charge in [-0.05, 0) is 42.9 Å². The lowest BCUT2D eigenvalue weighted by Crippen LogP contribution is -2.36. The summed E-state index contributed by atoms with van der Waals surface area (Å²) < 4.78 is 0. The molecule has 0 saturated carbocycles. The average Bonchev–Trinajstić information content (AvgIpc) is 2.04. The van der Waals surface area contributed by atoms with Crippen LogP contribution in [0.2, 0.25) is 0 Å². The van der Waals surface area contributed by atoms with Crippen molar-refractivity contribution in [3.8, 4) is 0 Å². The van der Waals surface area contributed by atoms with Crippen LogP contribution in [-0.4, -0.2) is 18.3 Å². The molecule has 1 N–H and O–H groups in total. The first-order chi connectivity index (χ1) is 5.74. The fourth-order valence-electron chi connectivity index (χ4n) is 1.93. The van der Waals surface area contributed by atoms with Gasteiger partial charge in [-0.1, -0.05) is 13.3 Å². The number of nitrogens with one attached hydrogen (secondary N) is 1. The second-order valence-corrected chi connectivity index (χ2v) is 3.90. The van der Waals surface area contributed by atoms with E-state index in [2.05, 4.69) is 12.2 Å². The van der Waals surface area contributed by atoms with Crippen LogP contribution in [0, 0.1) is 11.8 Å². The van der Waals surface area contributed by atoms with Gasteiger partial charge in [0.1, 0.15) is 0 Å². The molecule has 1 fully saturated rings. The number of halogens is 1. The maximum absolute atomic E-state index is 10.7. The second kappa shape index (κ2) is 4.83. The van der Waals surface area contributed by atoms with E-state index >= 15 is 0 Å². The highest BCUT2D eigenvalue weighted by molar-refractivity contribution is 6.63. The van der Waals surface area contributed by atoms with Crippen LogP contribution in [0.3, 0.4) is 0 Å². The van der Waals surface area contributed by atoms with Crippen molar-refractivity contribution >= 4 is 16.8 Å². The summed E-state index contributed by atoms with van der Waals surface area (Å²) in [6, 6.07) is 0. The number of carbonyl (C=O) groups excluding carboxylic acids is 1. The Morgan fingerprint density at radius 3 is 2.92 bits per heavy atom. The quantitative estimate of drug-likeness (QED) is 0.686. The summed E-state index contributed by atoms with van der Waals surface area (Å²) in [6.07, 6.45) is 2.79. The zero-order valence-electron chi connectivity index (χ0n) is 7.48. The molecule has 2 atom stereocenters. The third-order valence-electron chi connectivity index (χ3n) is 2.71. The average molecular weight is 190 g/mol. The number of hydrogen-bond donors (Lipinski definition) is 1. The second-order valence-electron chi connectivity index (χ2n) is 3.48. The zero-order valence-corrected chi connectivity index (χ0v) is 8.23. The Kier molecular flexibility index (Phi) is 4.02. The van der Waals surface area contributed by atoms with Gasteiger partial charge in [-0.2, -0.15) is 0 Å². The molecule has 1 aliphatic heterocycles. The van der Waals surface area contributed by atoms with Gasteiger partial charge in [0, 0.05) is 6.42 Å². The third-order valence-corrected chi connectivity index (χ3v) is 2.87. The molecule has 0 aromatic heterocycles. The lowest BCUT2D eigenvalue weighted by Gasteiger charge is -2.30. The monoisotopic (exact) mass is 189 g/mol. The fraction of sp³-hybridized carbons (Fsp3) is 0.889. The highest BCUT2D eigenvalue weighted by Gasteiger charge is 2.24. The van der Waals surface area contributed by atoms with Gasteiger partial charge in [0.25, 0.3) is 0 Å². The molecule has 3 heteroatoms. The minimum Gasteiger partial charge on any atom is -0.316 e. The van der Waals surface area contributed by atoms with E-state index in [1.54, 1.807) is 0 Å². The van der Waals surface area contributed by atoms with E-state index in [-0.39, 0.29) is 5.24 Å². The Morgan fingerprint density at radius 2 is 2.33 bits per heavy atom. The van der Waals surface area contributed by atoms with Crippen molar-refractivity contribution < 1.29 is 4.79 Å². The lowest BCUT2D eigenvalue weighted by atomic mass is 9.83. The van der Waals surface area contributed by atoms with E-state index in [0.717, 1.165) is 25.9 Å². The van der Waals surface area contributed by atoms with E-state index < -0.39 is 0 Å². The Labute approximate surface area is 78.7 Å². The Hall–Kier alpha value is -0.0800. The number of hydrogen-bond acceptors (Lipinski definition) is 2. The van der Waals surface area contributed by atoms with E-state index in [1.165, 1.54) is 0 Å². The van der Waals surface area contributed by atoms with E-state index in [4.69, 9.17) is 11.6 Å². The highest BCUT2D eigenvalue weighted by Crippen LogP contribution is 2.25. The largest absolute Gasteiger partial charge is 0.316 e. The first-order valence-electron chi connectivity index (χ1n) is 4.63. The van der Waals surface area contributed by atoms with E-state index in [0.29, 0.717) is 18.3 Å². The van der Waals surface area contributed by atoms with Gasteiger partial charge in [0.05, 0.1) is 0 Å². The van der Waals surface area contributed by atoms with Crippen LogP contribution in [0.1, 0.15) is 26.2 Å². The number of rotatable bonds is 3. The maximum atomic E-state index is 10.7. The van der Waals surface area contributed by atoms with Gasteiger partial charge in [-0.15, -0.1) is 0 Å². The molecule has 0 unspecified atom stereocenters. The summed E-state index contributed by atoms with van der Waals surface area (Å²) in [4.78, 5) is 10.7. The van der Waals surface area contributed by atoms with Gasteiger partial charge < -0.3 is 5.32 Å². The van der Waals surface area contributed by atoms with Crippen LogP contribution in [0.15, 0.2) is 0 Å². The van der Waals surface area contributed by atoms with Crippen molar-refractivity contribution in [1.82, 2.24) is 5.32 Å². The predicted molar refractivity (Wildman–Crippen MR) is 50.2 cm³/mol. The van der Waals surface area contributed by atoms with Crippen molar-refractivity contribution in [3.63, 3.8) is 0 Å². The first kappa shape index (κ1) is 10.0. The van der Waals surface area contributed by atoms with Crippen molar-refractivity contribution in [2.24, 2.45) is 11.8 Å². The normalized spacial score (nSPS) is 30.2. The summed E-state index contributed by atoms with van der Waals surface area (Å²) in [5.41, 5.74) is 0. The molecule has 70 valence electrons. The SMILES string of the molecule is CC[C@H]1CNCC[C@H]1CC(=O)Cl. The van der Waals surface area contributed by atoms with Crippen molar-refractivity contribution in [2.45, 2.75) is 26.2 Å². The van der Waals surface area contributed by atoms with Crippen LogP contribution < -0.4 is 5.32 Å². The molecule has 0 aromatic rings. The minimum atomic E-state index is -0.180. The molecular formula is C9H16ClNO. The smallest absolute Gasteiger partial charge is 0.221 e. The summed E-state index contributed by atoms with van der Waals surface area (Å²) in [6.45, 7) is 4.25. The minimum absolute atomic E-state index is 0.180. The molecule has 1 saturated heterocycles. The van der Waals surface area contributed by atoms with Gasteiger partial charge in [0.2, 0.25) is 5.24 Å². The first-order valence-corrected chi connectivity index (χ1v) is 5.01. The highest BCUT2D eigenvalue weighted by atomic mass is 35.5. The molecule has 1 rings (SSSR count). The van der Waals surface area contributed by atoms with E-state index in [9.17, 15) is 4.79 Å². The van der Waals surface area contributed by atoms with Crippen LogP contribution in [0.5, 0.6) is 0 Å². The van der Waals surface area contributed by atoms with E-state index in [1.807, 2.05) is 0 Å². The van der Waals surface area contributed by atoms with Gasteiger partial charge in [-0.3, -0.25) is 4.79 Å². The molecule has 0 aliphatic carbocycles. The predicted octanol–water partition coefficient (Wildman–Crippen LogP) is 1.78. The van der Waals surface area contributed by atoms with Crippen molar-refractivity contribution in [2.75, 3.05) is 13.1 Å². The van der Waals surface area contributed by atoms with Crippen molar-refractivity contribution in [3.05, 3.63) is 0 Å². The number of carbonyl (C=O) groups is 1. The summed E-state index contributed by atoms with van der Waals surface area (Å²) in [7, 11) is 0.